The fourth-order valence-corrected chi connectivity index (χ4v) is 2.54. The number of thiocarbonyl (C=S) groups is 1. The average molecular weight is 384 g/mol. The molecule has 2 aromatic carbocycles. The Bertz CT molecular complexity index is 604. The van der Waals surface area contributed by atoms with E-state index in [0.717, 1.165) is 29.5 Å². The van der Waals surface area contributed by atoms with Crippen LogP contribution in [0, 0.1) is 0 Å². The van der Waals surface area contributed by atoms with E-state index in [4.69, 9.17) is 23.8 Å². The van der Waals surface area contributed by atoms with Gasteiger partial charge in [-0.1, -0.05) is 41.9 Å². The summed E-state index contributed by atoms with van der Waals surface area (Å²) in [6, 6.07) is 16.1. The van der Waals surface area contributed by atoms with E-state index in [2.05, 4.69) is 50.8 Å². The van der Waals surface area contributed by atoms with Crippen molar-refractivity contribution in [2.75, 3.05) is 11.9 Å². The second-order valence-electron chi connectivity index (χ2n) is 4.60. The molecule has 0 saturated heterocycles. The number of rotatable bonds is 5. The van der Waals surface area contributed by atoms with Crippen LogP contribution in [0.5, 0.6) is 0 Å². The van der Waals surface area contributed by atoms with Gasteiger partial charge in [0.1, 0.15) is 0 Å². The molecule has 0 heterocycles. The molecule has 0 aromatic heterocycles. The highest BCUT2D eigenvalue weighted by molar-refractivity contribution is 9.10. The van der Waals surface area contributed by atoms with Crippen LogP contribution in [0.15, 0.2) is 53.0 Å². The number of hydrogen-bond acceptors (Lipinski definition) is 1. The minimum absolute atomic E-state index is 0.612. The van der Waals surface area contributed by atoms with E-state index >= 15 is 0 Å². The van der Waals surface area contributed by atoms with Gasteiger partial charge in [0.05, 0.1) is 5.02 Å². The van der Waals surface area contributed by atoms with E-state index in [0.29, 0.717) is 10.1 Å². The standard InChI is InChI=1S/C16H16BrClN2S/c17-14-9-8-13(11-15(14)18)20-16(21)19-10-4-7-12-5-2-1-3-6-12/h1-3,5-6,8-9,11H,4,7,10H2,(H2,19,20,21). The van der Waals surface area contributed by atoms with Crippen molar-refractivity contribution in [2.24, 2.45) is 0 Å². The molecule has 0 saturated carbocycles. The second-order valence-corrected chi connectivity index (χ2v) is 6.27. The molecule has 2 nitrogen and oxygen atoms in total. The maximum Gasteiger partial charge on any atom is 0.170 e. The molecule has 21 heavy (non-hydrogen) atoms. The van der Waals surface area contributed by atoms with E-state index in [-0.39, 0.29) is 0 Å². The summed E-state index contributed by atoms with van der Waals surface area (Å²) in [7, 11) is 0. The highest BCUT2D eigenvalue weighted by Gasteiger charge is 2.01. The number of anilines is 1. The maximum atomic E-state index is 6.04. The Morgan fingerprint density at radius 2 is 1.90 bits per heavy atom. The Hall–Kier alpha value is -1.10. The predicted molar refractivity (Wildman–Crippen MR) is 98.1 cm³/mol. The molecule has 0 aliphatic carbocycles. The van der Waals surface area contributed by atoms with Crippen molar-refractivity contribution in [1.82, 2.24) is 5.32 Å². The summed E-state index contributed by atoms with van der Waals surface area (Å²) < 4.78 is 0.872. The minimum atomic E-state index is 0.612. The summed E-state index contributed by atoms with van der Waals surface area (Å²) in [6.07, 6.45) is 2.08. The van der Waals surface area contributed by atoms with Crippen LogP contribution >= 0.6 is 39.7 Å². The third kappa shape index (κ3) is 5.65. The molecule has 0 aliphatic heterocycles. The Kier molecular flexibility index (Phi) is 6.49. The van der Waals surface area contributed by atoms with E-state index in [9.17, 15) is 0 Å². The molecule has 110 valence electrons. The Balaban J connectivity index is 1.71. The highest BCUT2D eigenvalue weighted by atomic mass is 79.9. The molecule has 5 heteroatoms. The van der Waals surface area contributed by atoms with Gasteiger partial charge in [-0.05, 0) is 64.8 Å². The summed E-state index contributed by atoms with van der Waals surface area (Å²) >= 11 is 14.7. The SMILES string of the molecule is S=C(NCCCc1ccccc1)Nc1ccc(Br)c(Cl)c1. The van der Waals surface area contributed by atoms with E-state index in [1.807, 2.05) is 24.3 Å². The maximum absolute atomic E-state index is 6.04. The van der Waals surface area contributed by atoms with Crippen molar-refractivity contribution in [2.45, 2.75) is 12.8 Å². The first-order valence-electron chi connectivity index (χ1n) is 6.69. The van der Waals surface area contributed by atoms with Crippen molar-refractivity contribution in [3.05, 3.63) is 63.6 Å². The topological polar surface area (TPSA) is 24.1 Å². The van der Waals surface area contributed by atoms with Crippen molar-refractivity contribution in [1.29, 1.82) is 0 Å². The molecule has 0 radical (unpaired) electrons. The lowest BCUT2D eigenvalue weighted by molar-refractivity contribution is 0.777. The largest absolute Gasteiger partial charge is 0.362 e. The van der Waals surface area contributed by atoms with Gasteiger partial charge >= 0.3 is 0 Å². The van der Waals surface area contributed by atoms with Crippen LogP contribution in [0.1, 0.15) is 12.0 Å². The average Bonchev–Trinajstić information content (AvgIpc) is 2.49. The van der Waals surface area contributed by atoms with Gasteiger partial charge in [-0.15, -0.1) is 0 Å². The summed E-state index contributed by atoms with van der Waals surface area (Å²) in [4.78, 5) is 0. The Morgan fingerprint density at radius 1 is 1.14 bits per heavy atom. The molecule has 0 aliphatic rings. The lowest BCUT2D eigenvalue weighted by Crippen LogP contribution is -2.29. The van der Waals surface area contributed by atoms with E-state index < -0.39 is 0 Å². The Labute approximate surface area is 144 Å². The molecule has 2 N–H and O–H groups in total. The van der Waals surface area contributed by atoms with Crippen LogP contribution in [0.2, 0.25) is 5.02 Å². The first-order valence-corrected chi connectivity index (χ1v) is 8.27. The fraction of sp³-hybridized carbons (Fsp3) is 0.188. The third-order valence-corrected chi connectivity index (χ3v) is 4.43. The summed E-state index contributed by atoms with van der Waals surface area (Å²) in [5, 5.41) is 7.60. The van der Waals surface area contributed by atoms with Gasteiger partial charge in [-0.3, -0.25) is 0 Å². The molecule has 0 spiro atoms. The van der Waals surface area contributed by atoms with Gasteiger partial charge in [-0.2, -0.15) is 0 Å². The van der Waals surface area contributed by atoms with Gasteiger partial charge < -0.3 is 10.6 Å². The van der Waals surface area contributed by atoms with Crippen LogP contribution in [-0.2, 0) is 6.42 Å². The zero-order chi connectivity index (χ0) is 15.1. The van der Waals surface area contributed by atoms with Crippen LogP contribution in [-0.4, -0.2) is 11.7 Å². The van der Waals surface area contributed by atoms with Crippen molar-refractivity contribution < 1.29 is 0 Å². The van der Waals surface area contributed by atoms with E-state index in [1.165, 1.54) is 5.56 Å². The second kappa shape index (κ2) is 8.37. The first kappa shape index (κ1) is 16.3. The van der Waals surface area contributed by atoms with Crippen molar-refractivity contribution in [3.63, 3.8) is 0 Å². The summed E-state index contributed by atoms with van der Waals surface area (Å²) in [5.41, 5.74) is 2.22. The van der Waals surface area contributed by atoms with E-state index in [1.54, 1.807) is 0 Å². The monoisotopic (exact) mass is 382 g/mol. The van der Waals surface area contributed by atoms with Crippen molar-refractivity contribution >= 4 is 50.5 Å². The number of hydrogen-bond donors (Lipinski definition) is 2. The molecular formula is C16H16BrClN2S. The normalized spacial score (nSPS) is 10.2. The van der Waals surface area contributed by atoms with Crippen LogP contribution < -0.4 is 10.6 Å². The summed E-state index contributed by atoms with van der Waals surface area (Å²) in [5.74, 6) is 0. The van der Waals surface area contributed by atoms with Crippen LogP contribution in [0.4, 0.5) is 5.69 Å². The van der Waals surface area contributed by atoms with Gasteiger partial charge in [0.15, 0.2) is 5.11 Å². The number of benzene rings is 2. The molecule has 2 rings (SSSR count). The fourth-order valence-electron chi connectivity index (χ4n) is 1.89. The molecule has 0 unspecified atom stereocenters. The number of halogens is 2. The smallest absolute Gasteiger partial charge is 0.170 e. The first-order chi connectivity index (χ1) is 10.1. The van der Waals surface area contributed by atoms with Gasteiger partial charge in [0, 0.05) is 16.7 Å². The molecule has 0 bridgehead atoms. The van der Waals surface area contributed by atoms with Gasteiger partial charge in [0.25, 0.3) is 0 Å². The zero-order valence-electron chi connectivity index (χ0n) is 11.4. The highest BCUT2D eigenvalue weighted by Crippen LogP contribution is 2.25. The van der Waals surface area contributed by atoms with Crippen molar-refractivity contribution in [3.8, 4) is 0 Å². The molecule has 0 fully saturated rings. The molecule has 0 amide bonds. The third-order valence-electron chi connectivity index (χ3n) is 2.95. The molecule has 2 aromatic rings. The predicted octanol–water partition coefficient (Wildman–Crippen LogP) is 5.02. The Morgan fingerprint density at radius 3 is 2.62 bits per heavy atom. The van der Waals surface area contributed by atoms with Crippen LogP contribution in [0.25, 0.3) is 0 Å². The number of nitrogens with one attached hydrogen (secondary N) is 2. The minimum Gasteiger partial charge on any atom is -0.362 e. The molecular weight excluding hydrogens is 368 g/mol. The van der Waals surface area contributed by atoms with Gasteiger partial charge in [0.2, 0.25) is 0 Å². The van der Waals surface area contributed by atoms with Crippen LogP contribution in [0.3, 0.4) is 0 Å². The number of aryl methyl sites for hydroxylation is 1. The quantitative estimate of drug-likeness (QED) is 0.560. The lowest BCUT2D eigenvalue weighted by atomic mass is 10.1. The lowest BCUT2D eigenvalue weighted by Gasteiger charge is -2.11. The molecule has 0 atom stereocenters. The van der Waals surface area contributed by atoms with Gasteiger partial charge in [-0.25, -0.2) is 0 Å². The zero-order valence-corrected chi connectivity index (χ0v) is 14.6. The summed E-state index contributed by atoms with van der Waals surface area (Å²) in [6.45, 7) is 0.838.